The molecule has 5 heteroatoms. The molecule has 2 rings (SSSR count). The number of hydrogen-bond acceptors (Lipinski definition) is 3. The van der Waals surface area contributed by atoms with Crippen LogP contribution in [0.5, 0.6) is 0 Å². The van der Waals surface area contributed by atoms with Gasteiger partial charge in [-0.1, -0.05) is 0 Å². The molecule has 2 heterocycles. The molecular weight excluding hydrogens is 272 g/mol. The van der Waals surface area contributed by atoms with E-state index in [1.807, 2.05) is 0 Å². The Morgan fingerprint density at radius 1 is 1.50 bits per heavy atom. The zero-order valence-corrected chi connectivity index (χ0v) is 9.89. The van der Waals surface area contributed by atoms with Crippen LogP contribution in [0.25, 0.3) is 5.69 Å². The van der Waals surface area contributed by atoms with Gasteiger partial charge in [-0.2, -0.15) is 0 Å². The Bertz CT molecular complexity index is 552. The van der Waals surface area contributed by atoms with Crippen molar-refractivity contribution in [2.75, 3.05) is 0 Å². The van der Waals surface area contributed by atoms with Crippen LogP contribution in [0.15, 0.2) is 46.1 Å². The smallest absolute Gasteiger partial charge is 0.269 e. The van der Waals surface area contributed by atoms with Gasteiger partial charge >= 0.3 is 0 Å². The summed E-state index contributed by atoms with van der Waals surface area (Å²) in [6, 6.07) is 5.14. The molecule has 0 amide bonds. The van der Waals surface area contributed by atoms with E-state index in [0.717, 1.165) is 0 Å². The fraction of sp³-hybridized carbons (Fsp3) is 0.0909. The second-order valence-electron chi connectivity index (χ2n) is 3.24. The third kappa shape index (κ3) is 2.05. The molecule has 1 N–H and O–H groups in total. The van der Waals surface area contributed by atoms with E-state index >= 15 is 0 Å². The van der Waals surface area contributed by atoms with E-state index in [1.54, 1.807) is 36.8 Å². The summed E-state index contributed by atoms with van der Waals surface area (Å²) >= 11 is 3.17. The quantitative estimate of drug-likeness (QED) is 0.907. The average Bonchev–Trinajstić information content (AvgIpc) is 2.33. The second-order valence-corrected chi connectivity index (χ2v) is 4.10. The highest BCUT2D eigenvalue weighted by atomic mass is 79.9. The Labute approximate surface area is 100 Å². The van der Waals surface area contributed by atoms with Crippen molar-refractivity contribution < 1.29 is 5.11 Å². The number of nitrogens with zero attached hydrogens (tertiary/aromatic N) is 2. The minimum absolute atomic E-state index is 0.112. The van der Waals surface area contributed by atoms with E-state index in [1.165, 1.54) is 4.57 Å². The predicted molar refractivity (Wildman–Crippen MR) is 63.5 cm³/mol. The standard InChI is InChI=1S/C11H9BrN2O2/c12-10-4-8(7-15)6-14(11(10)16)9-2-1-3-13-5-9/h1-6,15H,7H2. The molecule has 82 valence electrons. The van der Waals surface area contributed by atoms with Gasteiger partial charge in [-0.05, 0) is 39.7 Å². The maximum atomic E-state index is 11.8. The molecule has 0 aliphatic rings. The number of aromatic nitrogens is 2. The van der Waals surface area contributed by atoms with E-state index in [-0.39, 0.29) is 12.2 Å². The minimum Gasteiger partial charge on any atom is -0.392 e. The van der Waals surface area contributed by atoms with E-state index in [0.29, 0.717) is 15.7 Å². The average molecular weight is 281 g/mol. The first-order valence-electron chi connectivity index (χ1n) is 4.64. The second kappa shape index (κ2) is 4.59. The van der Waals surface area contributed by atoms with Gasteiger partial charge in [-0.15, -0.1) is 0 Å². The van der Waals surface area contributed by atoms with Crippen LogP contribution in [-0.2, 0) is 6.61 Å². The first-order valence-corrected chi connectivity index (χ1v) is 5.44. The Balaban J connectivity index is 2.65. The highest BCUT2D eigenvalue weighted by Gasteiger charge is 2.05. The molecule has 0 aliphatic carbocycles. The summed E-state index contributed by atoms with van der Waals surface area (Å²) in [5.41, 5.74) is 1.16. The van der Waals surface area contributed by atoms with E-state index < -0.39 is 0 Å². The number of pyridine rings is 2. The monoisotopic (exact) mass is 280 g/mol. The highest BCUT2D eigenvalue weighted by molar-refractivity contribution is 9.10. The summed E-state index contributed by atoms with van der Waals surface area (Å²) < 4.78 is 1.87. The van der Waals surface area contributed by atoms with Crippen molar-refractivity contribution in [1.82, 2.24) is 9.55 Å². The predicted octanol–water partition coefficient (Wildman–Crippen LogP) is 1.49. The van der Waals surface area contributed by atoms with Crippen molar-refractivity contribution in [3.8, 4) is 5.69 Å². The third-order valence-electron chi connectivity index (χ3n) is 2.14. The summed E-state index contributed by atoms with van der Waals surface area (Å²) in [7, 11) is 0. The van der Waals surface area contributed by atoms with Gasteiger partial charge in [-0.3, -0.25) is 14.3 Å². The maximum absolute atomic E-state index is 11.8. The van der Waals surface area contributed by atoms with Crippen LogP contribution in [0.4, 0.5) is 0 Å². The van der Waals surface area contributed by atoms with Crippen LogP contribution in [0.2, 0.25) is 0 Å². The fourth-order valence-corrected chi connectivity index (χ4v) is 1.86. The number of aliphatic hydroxyl groups excluding tert-OH is 1. The lowest BCUT2D eigenvalue weighted by molar-refractivity contribution is 0.281. The van der Waals surface area contributed by atoms with Crippen molar-refractivity contribution in [3.05, 3.63) is 57.2 Å². The summed E-state index contributed by atoms with van der Waals surface area (Å²) in [6.07, 6.45) is 4.83. The van der Waals surface area contributed by atoms with Crippen molar-refractivity contribution in [2.45, 2.75) is 6.61 Å². The lowest BCUT2D eigenvalue weighted by Crippen LogP contribution is -2.19. The van der Waals surface area contributed by atoms with Gasteiger partial charge in [-0.25, -0.2) is 0 Å². The van der Waals surface area contributed by atoms with Crippen molar-refractivity contribution in [1.29, 1.82) is 0 Å². The first kappa shape index (κ1) is 11.0. The van der Waals surface area contributed by atoms with Gasteiger partial charge in [0.25, 0.3) is 5.56 Å². The lowest BCUT2D eigenvalue weighted by Gasteiger charge is -2.07. The zero-order chi connectivity index (χ0) is 11.5. The van der Waals surface area contributed by atoms with Crippen molar-refractivity contribution >= 4 is 15.9 Å². The molecule has 0 unspecified atom stereocenters. The Hall–Kier alpha value is -1.46. The molecule has 0 fully saturated rings. The summed E-state index contributed by atoms with van der Waals surface area (Å²) in [5.74, 6) is 0. The summed E-state index contributed by atoms with van der Waals surface area (Å²) in [5, 5.41) is 9.07. The molecule has 4 nitrogen and oxygen atoms in total. The van der Waals surface area contributed by atoms with Crippen LogP contribution in [0.3, 0.4) is 0 Å². The number of hydrogen-bond donors (Lipinski definition) is 1. The summed E-state index contributed by atoms with van der Waals surface area (Å²) in [4.78, 5) is 15.8. The molecule has 2 aromatic heterocycles. The van der Waals surface area contributed by atoms with Crippen LogP contribution < -0.4 is 5.56 Å². The van der Waals surface area contributed by atoms with Crippen molar-refractivity contribution in [3.63, 3.8) is 0 Å². The minimum atomic E-state index is -0.176. The first-order chi connectivity index (χ1) is 7.72. The summed E-state index contributed by atoms with van der Waals surface area (Å²) in [6.45, 7) is -0.112. The van der Waals surface area contributed by atoms with E-state index in [9.17, 15) is 4.79 Å². The Kier molecular flexibility index (Phi) is 3.17. The molecule has 0 bridgehead atoms. The van der Waals surface area contributed by atoms with Crippen LogP contribution in [-0.4, -0.2) is 14.7 Å². The molecule has 0 spiro atoms. The molecular formula is C11H9BrN2O2. The molecule has 2 aromatic rings. The molecule has 16 heavy (non-hydrogen) atoms. The molecule has 0 atom stereocenters. The normalized spacial score (nSPS) is 10.4. The topological polar surface area (TPSA) is 55.1 Å². The molecule has 0 aromatic carbocycles. The number of aliphatic hydroxyl groups is 1. The van der Waals surface area contributed by atoms with Gasteiger partial charge in [0.1, 0.15) is 0 Å². The number of halogens is 1. The fourth-order valence-electron chi connectivity index (χ4n) is 1.38. The van der Waals surface area contributed by atoms with Crippen LogP contribution >= 0.6 is 15.9 Å². The van der Waals surface area contributed by atoms with Crippen molar-refractivity contribution in [2.24, 2.45) is 0 Å². The highest BCUT2D eigenvalue weighted by Crippen LogP contribution is 2.10. The SMILES string of the molecule is O=c1c(Br)cc(CO)cn1-c1cccnc1. The maximum Gasteiger partial charge on any atom is 0.269 e. The molecule has 0 radical (unpaired) electrons. The lowest BCUT2D eigenvalue weighted by atomic mass is 10.3. The van der Waals surface area contributed by atoms with E-state index in [4.69, 9.17) is 5.11 Å². The molecule has 0 saturated carbocycles. The van der Waals surface area contributed by atoms with Gasteiger partial charge < -0.3 is 5.11 Å². The van der Waals surface area contributed by atoms with Gasteiger partial charge in [0, 0.05) is 12.4 Å². The Morgan fingerprint density at radius 3 is 2.94 bits per heavy atom. The largest absolute Gasteiger partial charge is 0.392 e. The van der Waals surface area contributed by atoms with Gasteiger partial charge in [0.2, 0.25) is 0 Å². The zero-order valence-electron chi connectivity index (χ0n) is 8.30. The third-order valence-corrected chi connectivity index (χ3v) is 2.70. The van der Waals surface area contributed by atoms with Gasteiger partial charge in [0.15, 0.2) is 0 Å². The molecule has 0 aliphatic heterocycles. The van der Waals surface area contributed by atoms with E-state index in [2.05, 4.69) is 20.9 Å². The Morgan fingerprint density at radius 2 is 2.31 bits per heavy atom. The van der Waals surface area contributed by atoms with Crippen LogP contribution in [0.1, 0.15) is 5.56 Å². The molecule has 0 saturated heterocycles. The number of rotatable bonds is 2. The van der Waals surface area contributed by atoms with Crippen LogP contribution in [0, 0.1) is 0 Å². The van der Waals surface area contributed by atoms with Gasteiger partial charge in [0.05, 0.1) is 23.0 Å².